The molecule has 0 saturated heterocycles. The van der Waals surface area contributed by atoms with Gasteiger partial charge in [-0.25, -0.2) is 14.8 Å². The van der Waals surface area contributed by atoms with Gasteiger partial charge in [-0.05, 0) is 39.0 Å². The van der Waals surface area contributed by atoms with E-state index in [1.54, 1.807) is 26.1 Å². The van der Waals surface area contributed by atoms with Crippen LogP contribution in [0.1, 0.15) is 35.6 Å². The van der Waals surface area contributed by atoms with E-state index >= 15 is 0 Å². The fourth-order valence-electron chi connectivity index (χ4n) is 2.48. The van der Waals surface area contributed by atoms with Crippen LogP contribution in [0.25, 0.3) is 11.0 Å². The summed E-state index contributed by atoms with van der Waals surface area (Å²) in [6.07, 6.45) is 1.35. The van der Waals surface area contributed by atoms with Crippen molar-refractivity contribution in [3.05, 3.63) is 69.9 Å². The van der Waals surface area contributed by atoms with Gasteiger partial charge in [0.2, 0.25) is 0 Å². The summed E-state index contributed by atoms with van der Waals surface area (Å²) in [7, 11) is 0. The summed E-state index contributed by atoms with van der Waals surface area (Å²) in [5.74, 6) is -0.499. The van der Waals surface area contributed by atoms with Gasteiger partial charge in [0, 0.05) is 12.3 Å². The molecule has 0 amide bonds. The predicted octanol–water partition coefficient (Wildman–Crippen LogP) is 2.71. The molecule has 1 aromatic carbocycles. The van der Waals surface area contributed by atoms with Crippen molar-refractivity contribution in [2.75, 3.05) is 0 Å². The molecule has 0 radical (unpaired) electrons. The van der Waals surface area contributed by atoms with E-state index in [0.717, 1.165) is 22.4 Å². The van der Waals surface area contributed by atoms with Crippen molar-refractivity contribution >= 4 is 17.0 Å². The number of rotatable bonds is 4. The van der Waals surface area contributed by atoms with Crippen molar-refractivity contribution in [2.24, 2.45) is 0 Å². The van der Waals surface area contributed by atoms with E-state index in [1.165, 1.54) is 10.6 Å². The maximum Gasteiger partial charge on any atom is 0.338 e. The number of benzene rings is 1. The van der Waals surface area contributed by atoms with Gasteiger partial charge in [0.05, 0.1) is 40.6 Å². The lowest BCUT2D eigenvalue weighted by Crippen LogP contribution is -2.23. The molecule has 3 rings (SSSR count). The number of aryl methyl sites for hydroxylation is 1. The Kier molecular flexibility index (Phi) is 4.61. The topological polar surface area (TPSA) is 74.1 Å². The Balaban J connectivity index is 1.90. The molecule has 0 aliphatic rings. The van der Waals surface area contributed by atoms with Crippen molar-refractivity contribution < 1.29 is 9.53 Å². The van der Waals surface area contributed by atoms with Gasteiger partial charge in [-0.2, -0.15) is 0 Å². The van der Waals surface area contributed by atoms with Gasteiger partial charge in [0.25, 0.3) is 5.56 Å². The first-order valence-electron chi connectivity index (χ1n) is 8.08. The Morgan fingerprint density at radius 3 is 2.48 bits per heavy atom. The fourth-order valence-corrected chi connectivity index (χ4v) is 2.48. The number of ether oxygens (including phenoxy) is 1. The number of esters is 1. The second-order valence-corrected chi connectivity index (χ2v) is 6.08. The second-order valence-electron chi connectivity index (χ2n) is 6.08. The summed E-state index contributed by atoms with van der Waals surface area (Å²) in [6, 6.07) is 10.5. The summed E-state index contributed by atoms with van der Waals surface area (Å²) in [5.41, 5.74) is 3.06. The van der Waals surface area contributed by atoms with Crippen molar-refractivity contribution in [2.45, 2.75) is 33.4 Å². The first-order chi connectivity index (χ1) is 11.9. The molecule has 0 N–H and O–H groups in total. The standard InChI is InChI=1S/C19H19N3O3/c1-12(2)25-19(24)14-8-9-22(18(23)10-14)11-17-13(3)20-15-6-4-5-7-16(15)21-17/h4-10,12H,11H2,1-3H3. The number of pyridine rings is 1. The van der Waals surface area contributed by atoms with Gasteiger partial charge < -0.3 is 9.30 Å². The van der Waals surface area contributed by atoms with Crippen LogP contribution < -0.4 is 5.56 Å². The highest BCUT2D eigenvalue weighted by Crippen LogP contribution is 2.13. The average Bonchev–Trinajstić information content (AvgIpc) is 2.56. The van der Waals surface area contributed by atoms with E-state index in [1.807, 2.05) is 31.2 Å². The molecule has 25 heavy (non-hydrogen) atoms. The Hall–Kier alpha value is -3.02. The third-order valence-electron chi connectivity index (χ3n) is 3.74. The number of aromatic nitrogens is 3. The summed E-state index contributed by atoms with van der Waals surface area (Å²) >= 11 is 0. The number of hydrogen-bond donors (Lipinski definition) is 0. The van der Waals surface area contributed by atoms with Crippen LogP contribution in [0.3, 0.4) is 0 Å². The minimum Gasteiger partial charge on any atom is -0.459 e. The van der Waals surface area contributed by atoms with Crippen LogP contribution in [0.2, 0.25) is 0 Å². The van der Waals surface area contributed by atoms with E-state index in [-0.39, 0.29) is 17.2 Å². The number of fused-ring (bicyclic) bond motifs is 1. The number of nitrogens with zero attached hydrogens (tertiary/aromatic N) is 3. The Morgan fingerprint density at radius 1 is 1.16 bits per heavy atom. The largest absolute Gasteiger partial charge is 0.459 e. The lowest BCUT2D eigenvalue weighted by molar-refractivity contribution is 0.0377. The highest BCUT2D eigenvalue weighted by Gasteiger charge is 2.12. The van der Waals surface area contributed by atoms with E-state index in [9.17, 15) is 9.59 Å². The lowest BCUT2D eigenvalue weighted by Gasteiger charge is -2.10. The number of carbonyl (C=O) groups is 1. The first-order valence-corrected chi connectivity index (χ1v) is 8.08. The highest BCUT2D eigenvalue weighted by atomic mass is 16.5. The number of para-hydroxylation sites is 2. The Morgan fingerprint density at radius 2 is 1.84 bits per heavy atom. The first kappa shape index (κ1) is 16.8. The number of carbonyl (C=O) groups excluding carboxylic acids is 1. The van der Waals surface area contributed by atoms with Crippen molar-refractivity contribution in [1.82, 2.24) is 14.5 Å². The maximum absolute atomic E-state index is 12.3. The molecular weight excluding hydrogens is 318 g/mol. The average molecular weight is 337 g/mol. The van der Waals surface area contributed by atoms with Crippen LogP contribution in [0, 0.1) is 6.92 Å². The molecular formula is C19H19N3O3. The van der Waals surface area contributed by atoms with E-state index in [4.69, 9.17) is 4.74 Å². The van der Waals surface area contributed by atoms with Crippen LogP contribution >= 0.6 is 0 Å². The zero-order valence-electron chi connectivity index (χ0n) is 14.4. The van der Waals surface area contributed by atoms with E-state index in [0.29, 0.717) is 6.54 Å². The van der Waals surface area contributed by atoms with Crippen molar-refractivity contribution in [3.63, 3.8) is 0 Å². The van der Waals surface area contributed by atoms with E-state index in [2.05, 4.69) is 9.97 Å². The van der Waals surface area contributed by atoms with Crippen LogP contribution in [-0.2, 0) is 11.3 Å². The molecule has 0 spiro atoms. The summed E-state index contributed by atoms with van der Waals surface area (Å²) in [6.45, 7) is 5.69. The molecule has 0 atom stereocenters. The van der Waals surface area contributed by atoms with E-state index < -0.39 is 5.97 Å². The Labute approximate surface area is 145 Å². The zero-order chi connectivity index (χ0) is 18.0. The predicted molar refractivity (Wildman–Crippen MR) is 94.6 cm³/mol. The summed E-state index contributed by atoms with van der Waals surface area (Å²) < 4.78 is 6.61. The van der Waals surface area contributed by atoms with Gasteiger partial charge in [0.15, 0.2) is 0 Å². The minimum atomic E-state index is -0.499. The molecule has 6 heteroatoms. The Bertz CT molecular complexity index is 993. The van der Waals surface area contributed by atoms with Crippen LogP contribution in [0.15, 0.2) is 47.4 Å². The van der Waals surface area contributed by atoms with Crippen LogP contribution in [0.4, 0.5) is 0 Å². The minimum absolute atomic E-state index is 0.231. The van der Waals surface area contributed by atoms with Crippen molar-refractivity contribution in [1.29, 1.82) is 0 Å². The third kappa shape index (κ3) is 3.74. The van der Waals surface area contributed by atoms with Crippen LogP contribution in [-0.4, -0.2) is 26.6 Å². The van der Waals surface area contributed by atoms with Gasteiger partial charge >= 0.3 is 5.97 Å². The summed E-state index contributed by atoms with van der Waals surface area (Å²) in [5, 5.41) is 0. The molecule has 128 valence electrons. The molecule has 2 heterocycles. The van der Waals surface area contributed by atoms with Crippen molar-refractivity contribution in [3.8, 4) is 0 Å². The molecule has 0 saturated carbocycles. The molecule has 0 aliphatic heterocycles. The van der Waals surface area contributed by atoms with Crippen LogP contribution in [0.5, 0.6) is 0 Å². The second kappa shape index (κ2) is 6.84. The van der Waals surface area contributed by atoms with Gasteiger partial charge in [-0.1, -0.05) is 12.1 Å². The maximum atomic E-state index is 12.3. The zero-order valence-corrected chi connectivity index (χ0v) is 14.4. The fraction of sp³-hybridized carbons (Fsp3) is 0.263. The third-order valence-corrected chi connectivity index (χ3v) is 3.74. The van der Waals surface area contributed by atoms with Gasteiger partial charge in [0.1, 0.15) is 0 Å². The molecule has 0 unspecified atom stereocenters. The van der Waals surface area contributed by atoms with Gasteiger partial charge in [-0.15, -0.1) is 0 Å². The smallest absolute Gasteiger partial charge is 0.338 e. The molecule has 3 aromatic rings. The molecule has 0 fully saturated rings. The SMILES string of the molecule is Cc1nc2ccccc2nc1Cn1ccc(C(=O)OC(C)C)cc1=O. The normalized spacial score (nSPS) is 11.0. The number of hydrogen-bond acceptors (Lipinski definition) is 5. The molecule has 6 nitrogen and oxygen atoms in total. The monoisotopic (exact) mass is 337 g/mol. The molecule has 0 bridgehead atoms. The van der Waals surface area contributed by atoms with Gasteiger partial charge in [-0.3, -0.25) is 4.79 Å². The highest BCUT2D eigenvalue weighted by molar-refractivity contribution is 5.89. The quantitative estimate of drug-likeness (QED) is 0.684. The lowest BCUT2D eigenvalue weighted by atomic mass is 10.2. The molecule has 2 aromatic heterocycles. The molecule has 0 aliphatic carbocycles. The summed E-state index contributed by atoms with van der Waals surface area (Å²) in [4.78, 5) is 33.3.